The first kappa shape index (κ1) is 11.8. The predicted octanol–water partition coefficient (Wildman–Crippen LogP) is 0.343. The number of hydrogen-bond donors (Lipinski definition) is 3. The molecule has 2 rings (SSSR count). The van der Waals surface area contributed by atoms with E-state index >= 15 is 0 Å². The van der Waals surface area contributed by atoms with Crippen LogP contribution >= 0.6 is 0 Å². The second kappa shape index (κ2) is 4.68. The summed E-state index contributed by atoms with van der Waals surface area (Å²) >= 11 is 0. The zero-order chi connectivity index (χ0) is 12.3. The lowest BCUT2D eigenvalue weighted by atomic mass is 10.0. The Balaban J connectivity index is 1.93. The molecule has 1 aliphatic heterocycles. The summed E-state index contributed by atoms with van der Waals surface area (Å²) < 4.78 is 5.11. The molecule has 0 radical (unpaired) electrons. The van der Waals surface area contributed by atoms with Gasteiger partial charge in [-0.1, -0.05) is 0 Å². The molecular formula is C11H14N2O4. The molecule has 1 saturated heterocycles. The van der Waals surface area contributed by atoms with Crippen molar-refractivity contribution in [1.29, 1.82) is 0 Å². The number of carboxylic acids is 1. The van der Waals surface area contributed by atoms with Crippen molar-refractivity contribution in [3.8, 4) is 0 Å². The molecule has 1 aromatic rings. The lowest BCUT2D eigenvalue weighted by molar-refractivity contribution is 0.0381. The van der Waals surface area contributed by atoms with Crippen molar-refractivity contribution in [2.24, 2.45) is 0 Å². The highest BCUT2D eigenvalue weighted by atomic mass is 16.5. The number of ether oxygens (including phenoxy) is 1. The number of nitrogens with one attached hydrogen (secondary N) is 1. The number of aliphatic hydroxyl groups is 1. The van der Waals surface area contributed by atoms with Gasteiger partial charge in [0.15, 0.2) is 0 Å². The minimum atomic E-state index is -1.01. The van der Waals surface area contributed by atoms with E-state index in [-0.39, 0.29) is 5.56 Å². The van der Waals surface area contributed by atoms with Crippen LogP contribution < -0.4 is 5.32 Å². The maximum atomic E-state index is 10.6. The lowest BCUT2D eigenvalue weighted by Gasteiger charge is -2.20. The molecular weight excluding hydrogens is 224 g/mol. The molecule has 1 unspecified atom stereocenters. The Labute approximate surface area is 98.2 Å². The number of rotatable bonds is 4. The third kappa shape index (κ3) is 2.92. The molecule has 2 heterocycles. The Kier molecular flexibility index (Phi) is 3.26. The normalized spacial score (nSPS) is 23.6. The SMILES string of the molecule is O=C(O)c1ccc(NCC2(O)CCOC2)nc1. The average molecular weight is 238 g/mol. The number of aromatic carboxylic acids is 1. The van der Waals surface area contributed by atoms with Crippen LogP contribution in [-0.2, 0) is 4.74 Å². The Bertz CT molecular complexity index is 398. The van der Waals surface area contributed by atoms with Gasteiger partial charge >= 0.3 is 5.97 Å². The molecule has 0 bridgehead atoms. The van der Waals surface area contributed by atoms with Gasteiger partial charge in [0.1, 0.15) is 11.4 Å². The molecule has 0 saturated carbocycles. The van der Waals surface area contributed by atoms with Crippen LogP contribution in [0.2, 0.25) is 0 Å². The van der Waals surface area contributed by atoms with Gasteiger partial charge in [-0.05, 0) is 12.1 Å². The van der Waals surface area contributed by atoms with Crippen LogP contribution in [0.15, 0.2) is 18.3 Å². The van der Waals surface area contributed by atoms with Crippen LogP contribution in [0.4, 0.5) is 5.82 Å². The molecule has 1 aliphatic rings. The molecule has 0 amide bonds. The average Bonchev–Trinajstić information content (AvgIpc) is 2.75. The fraction of sp³-hybridized carbons (Fsp3) is 0.455. The summed E-state index contributed by atoms with van der Waals surface area (Å²) in [5, 5.41) is 21.6. The largest absolute Gasteiger partial charge is 0.478 e. The van der Waals surface area contributed by atoms with Crippen molar-refractivity contribution < 1.29 is 19.7 Å². The van der Waals surface area contributed by atoms with Crippen LogP contribution in [0, 0.1) is 0 Å². The fourth-order valence-electron chi connectivity index (χ4n) is 1.62. The summed E-state index contributed by atoms with van der Waals surface area (Å²) in [6.45, 7) is 1.21. The van der Waals surface area contributed by atoms with Crippen LogP contribution in [0.5, 0.6) is 0 Å². The van der Waals surface area contributed by atoms with Gasteiger partial charge in [-0.25, -0.2) is 9.78 Å². The van der Waals surface area contributed by atoms with E-state index in [1.165, 1.54) is 12.3 Å². The van der Waals surface area contributed by atoms with Crippen molar-refractivity contribution >= 4 is 11.8 Å². The Morgan fingerprint density at radius 2 is 2.41 bits per heavy atom. The molecule has 17 heavy (non-hydrogen) atoms. The van der Waals surface area contributed by atoms with E-state index in [2.05, 4.69) is 10.3 Å². The molecule has 3 N–H and O–H groups in total. The smallest absolute Gasteiger partial charge is 0.337 e. The number of hydrogen-bond acceptors (Lipinski definition) is 5. The van der Waals surface area contributed by atoms with E-state index in [4.69, 9.17) is 9.84 Å². The quantitative estimate of drug-likeness (QED) is 0.700. The van der Waals surface area contributed by atoms with E-state index in [1.54, 1.807) is 6.07 Å². The molecule has 1 aromatic heterocycles. The molecule has 92 valence electrons. The van der Waals surface area contributed by atoms with Gasteiger partial charge < -0.3 is 20.3 Å². The van der Waals surface area contributed by atoms with Crippen molar-refractivity contribution in [2.75, 3.05) is 25.1 Å². The van der Waals surface area contributed by atoms with Gasteiger partial charge in [-0.3, -0.25) is 0 Å². The topological polar surface area (TPSA) is 91.7 Å². The van der Waals surface area contributed by atoms with Crippen LogP contribution in [0.25, 0.3) is 0 Å². The van der Waals surface area contributed by atoms with Crippen molar-refractivity contribution in [3.63, 3.8) is 0 Å². The van der Waals surface area contributed by atoms with Gasteiger partial charge in [0.2, 0.25) is 0 Å². The summed E-state index contributed by atoms with van der Waals surface area (Å²) in [7, 11) is 0. The van der Waals surface area contributed by atoms with Gasteiger partial charge in [0, 0.05) is 25.8 Å². The van der Waals surface area contributed by atoms with E-state index in [0.29, 0.717) is 32.0 Å². The van der Waals surface area contributed by atoms with E-state index in [1.807, 2.05) is 0 Å². The summed E-state index contributed by atoms with van der Waals surface area (Å²) in [4.78, 5) is 14.6. The highest BCUT2D eigenvalue weighted by Crippen LogP contribution is 2.18. The second-order valence-electron chi connectivity index (χ2n) is 4.12. The third-order valence-corrected chi connectivity index (χ3v) is 2.69. The van der Waals surface area contributed by atoms with E-state index in [0.717, 1.165) is 0 Å². The van der Waals surface area contributed by atoms with Crippen molar-refractivity contribution in [3.05, 3.63) is 23.9 Å². The van der Waals surface area contributed by atoms with Gasteiger partial charge in [0.05, 0.1) is 12.2 Å². The number of carbonyl (C=O) groups is 1. The highest BCUT2D eigenvalue weighted by molar-refractivity contribution is 5.87. The standard InChI is InChI=1S/C11H14N2O4/c14-10(15)8-1-2-9(12-5-8)13-6-11(16)3-4-17-7-11/h1-2,5,16H,3-4,6-7H2,(H,12,13)(H,14,15). The molecule has 1 atom stereocenters. The van der Waals surface area contributed by atoms with E-state index < -0.39 is 11.6 Å². The summed E-state index contributed by atoms with van der Waals surface area (Å²) in [5.74, 6) is -0.470. The maximum Gasteiger partial charge on any atom is 0.337 e. The molecule has 1 fully saturated rings. The summed E-state index contributed by atoms with van der Waals surface area (Å²) in [6, 6.07) is 3.04. The van der Waals surface area contributed by atoms with Gasteiger partial charge in [-0.2, -0.15) is 0 Å². The number of pyridine rings is 1. The zero-order valence-electron chi connectivity index (χ0n) is 9.22. The maximum absolute atomic E-state index is 10.6. The molecule has 0 aromatic carbocycles. The molecule has 0 aliphatic carbocycles. The van der Waals surface area contributed by atoms with Crippen molar-refractivity contribution in [2.45, 2.75) is 12.0 Å². The molecule has 6 nitrogen and oxygen atoms in total. The minimum absolute atomic E-state index is 0.137. The zero-order valence-corrected chi connectivity index (χ0v) is 9.22. The van der Waals surface area contributed by atoms with Crippen LogP contribution in [0.3, 0.4) is 0 Å². The number of carboxylic acid groups (broad SMARTS) is 1. The minimum Gasteiger partial charge on any atom is -0.478 e. The molecule has 0 spiro atoms. The summed E-state index contributed by atoms with van der Waals surface area (Å²) in [6.07, 6.45) is 1.87. The first-order valence-corrected chi connectivity index (χ1v) is 5.32. The fourth-order valence-corrected chi connectivity index (χ4v) is 1.62. The number of nitrogens with zero attached hydrogens (tertiary/aromatic N) is 1. The highest BCUT2D eigenvalue weighted by Gasteiger charge is 2.31. The van der Waals surface area contributed by atoms with E-state index in [9.17, 15) is 9.90 Å². The van der Waals surface area contributed by atoms with Crippen LogP contribution in [-0.4, -0.2) is 46.5 Å². The Hall–Kier alpha value is -1.66. The van der Waals surface area contributed by atoms with Gasteiger partial charge in [-0.15, -0.1) is 0 Å². The first-order valence-electron chi connectivity index (χ1n) is 5.32. The lowest BCUT2D eigenvalue weighted by Crippen LogP contribution is -2.37. The van der Waals surface area contributed by atoms with Crippen LogP contribution in [0.1, 0.15) is 16.8 Å². The molecule has 6 heteroatoms. The number of anilines is 1. The van der Waals surface area contributed by atoms with Crippen molar-refractivity contribution in [1.82, 2.24) is 4.98 Å². The summed E-state index contributed by atoms with van der Waals surface area (Å²) in [5.41, 5.74) is -0.717. The Morgan fingerprint density at radius 1 is 1.59 bits per heavy atom. The third-order valence-electron chi connectivity index (χ3n) is 2.69. The first-order chi connectivity index (χ1) is 8.09. The van der Waals surface area contributed by atoms with Gasteiger partial charge in [0.25, 0.3) is 0 Å². The predicted molar refractivity (Wildman–Crippen MR) is 60.1 cm³/mol. The Morgan fingerprint density at radius 3 is 2.94 bits per heavy atom. The number of aromatic nitrogens is 1. The monoisotopic (exact) mass is 238 g/mol. The second-order valence-corrected chi connectivity index (χ2v) is 4.12.